The number of nitrogens with one attached hydrogen (secondary N) is 1. The maximum Gasteiger partial charge on any atom is 0.354 e. The number of aromatic carboxylic acids is 1. The molecule has 2 aromatic rings. The lowest BCUT2D eigenvalue weighted by atomic mass is 10.1. The van der Waals surface area contributed by atoms with Gasteiger partial charge in [-0.1, -0.05) is 13.8 Å². The van der Waals surface area contributed by atoms with E-state index >= 15 is 0 Å². The molecule has 0 atom stereocenters. The van der Waals surface area contributed by atoms with Gasteiger partial charge in [-0.05, 0) is 18.1 Å². The summed E-state index contributed by atoms with van der Waals surface area (Å²) in [5.74, 6) is 0.315. The highest BCUT2D eigenvalue weighted by Gasteiger charge is 2.09. The molecule has 0 aliphatic heterocycles. The number of H-pyrrole nitrogens is 1. The van der Waals surface area contributed by atoms with Crippen molar-refractivity contribution < 1.29 is 9.90 Å². The standard InChI is InChI=1S/C11H13N3O2/c1-6(2)5-9-12-7-3-4-8(11(15)16)13-10(7)14-9/h3-4,6H,5H2,1-2H3,(H,15,16)(H,12,13,14). The zero-order chi connectivity index (χ0) is 11.7. The summed E-state index contributed by atoms with van der Waals surface area (Å²) in [5.41, 5.74) is 1.27. The molecule has 0 aromatic carbocycles. The van der Waals surface area contributed by atoms with Gasteiger partial charge in [0.1, 0.15) is 5.82 Å². The summed E-state index contributed by atoms with van der Waals surface area (Å²) in [6.07, 6.45) is 0.832. The van der Waals surface area contributed by atoms with Crippen molar-refractivity contribution in [3.8, 4) is 0 Å². The predicted octanol–water partition coefficient (Wildman–Crippen LogP) is 1.85. The second-order valence-corrected chi connectivity index (χ2v) is 4.15. The average Bonchev–Trinajstić information content (AvgIpc) is 2.56. The van der Waals surface area contributed by atoms with Crippen LogP contribution in [0.4, 0.5) is 0 Å². The maximum atomic E-state index is 10.7. The largest absolute Gasteiger partial charge is 0.477 e. The first-order valence-corrected chi connectivity index (χ1v) is 5.15. The number of carboxylic acid groups (broad SMARTS) is 1. The number of rotatable bonds is 3. The molecule has 0 radical (unpaired) electrons. The Morgan fingerprint density at radius 2 is 2.19 bits per heavy atom. The van der Waals surface area contributed by atoms with Crippen LogP contribution in [0, 0.1) is 5.92 Å². The first-order chi connectivity index (χ1) is 7.56. The van der Waals surface area contributed by atoms with Gasteiger partial charge in [-0.2, -0.15) is 0 Å². The van der Waals surface area contributed by atoms with Gasteiger partial charge in [0.05, 0.1) is 5.52 Å². The normalized spacial score (nSPS) is 11.2. The Balaban J connectivity index is 2.42. The van der Waals surface area contributed by atoms with Gasteiger partial charge in [0.15, 0.2) is 11.3 Å². The van der Waals surface area contributed by atoms with Gasteiger partial charge in [0.25, 0.3) is 0 Å². The van der Waals surface area contributed by atoms with E-state index in [-0.39, 0.29) is 5.69 Å². The van der Waals surface area contributed by atoms with Crippen LogP contribution in [-0.2, 0) is 6.42 Å². The number of aromatic nitrogens is 3. The molecule has 0 unspecified atom stereocenters. The van der Waals surface area contributed by atoms with Crippen molar-refractivity contribution in [2.45, 2.75) is 20.3 Å². The van der Waals surface area contributed by atoms with Gasteiger partial charge in [0.2, 0.25) is 0 Å². The number of hydrogen-bond donors (Lipinski definition) is 2. The van der Waals surface area contributed by atoms with Crippen molar-refractivity contribution >= 4 is 17.1 Å². The van der Waals surface area contributed by atoms with Gasteiger partial charge in [-0.25, -0.2) is 14.8 Å². The summed E-state index contributed by atoms with van der Waals surface area (Å²) in [6, 6.07) is 3.17. The van der Waals surface area contributed by atoms with E-state index in [1.54, 1.807) is 6.07 Å². The fourth-order valence-electron chi connectivity index (χ4n) is 1.54. The summed E-state index contributed by atoms with van der Waals surface area (Å²) < 4.78 is 0. The van der Waals surface area contributed by atoms with E-state index in [2.05, 4.69) is 28.8 Å². The molecule has 0 aliphatic carbocycles. The monoisotopic (exact) mass is 219 g/mol. The molecule has 0 fully saturated rings. The van der Waals surface area contributed by atoms with Crippen LogP contribution < -0.4 is 0 Å². The average molecular weight is 219 g/mol. The molecule has 5 heteroatoms. The van der Waals surface area contributed by atoms with Crippen molar-refractivity contribution in [3.05, 3.63) is 23.7 Å². The van der Waals surface area contributed by atoms with E-state index in [1.807, 2.05) is 0 Å². The first-order valence-electron chi connectivity index (χ1n) is 5.15. The van der Waals surface area contributed by atoms with Crippen molar-refractivity contribution in [1.29, 1.82) is 0 Å². The lowest BCUT2D eigenvalue weighted by molar-refractivity contribution is 0.0691. The maximum absolute atomic E-state index is 10.7. The van der Waals surface area contributed by atoms with Crippen LogP contribution in [0.25, 0.3) is 11.2 Å². The van der Waals surface area contributed by atoms with Crippen LogP contribution in [-0.4, -0.2) is 26.0 Å². The topological polar surface area (TPSA) is 78.9 Å². The number of hydrogen-bond acceptors (Lipinski definition) is 3. The predicted molar refractivity (Wildman–Crippen MR) is 59.4 cm³/mol. The molecule has 2 rings (SSSR count). The molecule has 84 valence electrons. The van der Waals surface area contributed by atoms with Gasteiger partial charge in [0, 0.05) is 6.42 Å². The Hall–Kier alpha value is -1.91. The number of fused-ring (bicyclic) bond motifs is 1. The van der Waals surface area contributed by atoms with E-state index in [4.69, 9.17) is 5.11 Å². The highest BCUT2D eigenvalue weighted by atomic mass is 16.4. The number of imidazole rings is 1. The third kappa shape index (κ3) is 2.03. The highest BCUT2D eigenvalue weighted by Crippen LogP contribution is 2.12. The van der Waals surface area contributed by atoms with Crippen LogP contribution in [0.1, 0.15) is 30.2 Å². The SMILES string of the molecule is CC(C)Cc1nc2nc(C(=O)O)ccc2[nH]1. The third-order valence-corrected chi connectivity index (χ3v) is 2.22. The van der Waals surface area contributed by atoms with E-state index in [0.717, 1.165) is 17.8 Å². The fourth-order valence-corrected chi connectivity index (χ4v) is 1.54. The summed E-state index contributed by atoms with van der Waals surface area (Å²) in [5, 5.41) is 8.80. The Bertz CT molecular complexity index is 531. The summed E-state index contributed by atoms with van der Waals surface area (Å²) in [6.45, 7) is 4.20. The number of aromatic amines is 1. The van der Waals surface area contributed by atoms with Crippen molar-refractivity contribution in [2.75, 3.05) is 0 Å². The van der Waals surface area contributed by atoms with Gasteiger partial charge in [-0.3, -0.25) is 0 Å². The molecule has 16 heavy (non-hydrogen) atoms. The second-order valence-electron chi connectivity index (χ2n) is 4.15. The Morgan fingerprint density at radius 1 is 1.44 bits per heavy atom. The van der Waals surface area contributed by atoms with Gasteiger partial charge < -0.3 is 10.1 Å². The van der Waals surface area contributed by atoms with E-state index < -0.39 is 5.97 Å². The second kappa shape index (κ2) is 3.92. The van der Waals surface area contributed by atoms with E-state index in [9.17, 15) is 4.79 Å². The van der Waals surface area contributed by atoms with Crippen molar-refractivity contribution in [1.82, 2.24) is 15.0 Å². The van der Waals surface area contributed by atoms with Crippen LogP contribution >= 0.6 is 0 Å². The Kier molecular flexibility index (Phi) is 2.60. The molecule has 5 nitrogen and oxygen atoms in total. The molecule has 0 amide bonds. The summed E-state index contributed by atoms with van der Waals surface area (Å²) in [4.78, 5) is 22.1. The van der Waals surface area contributed by atoms with Gasteiger partial charge in [-0.15, -0.1) is 0 Å². The molecule has 2 aromatic heterocycles. The zero-order valence-electron chi connectivity index (χ0n) is 9.19. The number of carboxylic acids is 1. The molecule has 0 aliphatic rings. The fraction of sp³-hybridized carbons (Fsp3) is 0.364. The smallest absolute Gasteiger partial charge is 0.354 e. The molecule has 0 saturated carbocycles. The third-order valence-electron chi connectivity index (χ3n) is 2.22. The van der Waals surface area contributed by atoms with Crippen molar-refractivity contribution in [2.24, 2.45) is 5.92 Å². The molecule has 0 saturated heterocycles. The van der Waals surface area contributed by atoms with Crippen LogP contribution in [0.2, 0.25) is 0 Å². The molecule has 2 N–H and O–H groups in total. The number of pyridine rings is 1. The lowest BCUT2D eigenvalue weighted by Gasteiger charge is -1.98. The van der Waals surface area contributed by atoms with Crippen LogP contribution in [0.15, 0.2) is 12.1 Å². The molecule has 0 bridgehead atoms. The van der Waals surface area contributed by atoms with E-state index in [1.165, 1.54) is 6.07 Å². The minimum atomic E-state index is -1.03. The van der Waals surface area contributed by atoms with Crippen LogP contribution in [0.3, 0.4) is 0 Å². The molecular formula is C11H13N3O2. The quantitative estimate of drug-likeness (QED) is 0.825. The van der Waals surface area contributed by atoms with Crippen LogP contribution in [0.5, 0.6) is 0 Å². The highest BCUT2D eigenvalue weighted by molar-refractivity contribution is 5.88. The number of carbonyl (C=O) groups is 1. The molecule has 0 spiro atoms. The Morgan fingerprint density at radius 3 is 2.81 bits per heavy atom. The van der Waals surface area contributed by atoms with Crippen molar-refractivity contribution in [3.63, 3.8) is 0 Å². The first kappa shape index (κ1) is 10.6. The number of nitrogens with zero attached hydrogens (tertiary/aromatic N) is 2. The Labute approximate surface area is 92.5 Å². The minimum Gasteiger partial charge on any atom is -0.477 e. The van der Waals surface area contributed by atoms with E-state index in [0.29, 0.717) is 11.6 Å². The minimum absolute atomic E-state index is 0.0232. The summed E-state index contributed by atoms with van der Waals surface area (Å²) >= 11 is 0. The zero-order valence-corrected chi connectivity index (χ0v) is 9.19. The summed E-state index contributed by atoms with van der Waals surface area (Å²) in [7, 11) is 0. The lowest BCUT2D eigenvalue weighted by Crippen LogP contribution is -1.99. The molecular weight excluding hydrogens is 206 g/mol. The van der Waals surface area contributed by atoms with Gasteiger partial charge >= 0.3 is 5.97 Å². The molecule has 2 heterocycles.